The normalized spacial score (nSPS) is 17.8. The molecule has 1 aliphatic carbocycles. The van der Waals surface area contributed by atoms with Gasteiger partial charge in [0.2, 0.25) is 0 Å². The summed E-state index contributed by atoms with van der Waals surface area (Å²) in [5.41, 5.74) is 0. The van der Waals surface area contributed by atoms with Gasteiger partial charge in [0.15, 0.2) is 0 Å². The van der Waals surface area contributed by atoms with Crippen LogP contribution in [0.3, 0.4) is 0 Å². The maximum Gasteiger partial charge on any atom is 0.0701 e. The molecule has 3 heteroatoms. The molecule has 0 saturated heterocycles. The van der Waals surface area contributed by atoms with Gasteiger partial charge in [0.1, 0.15) is 0 Å². The van der Waals surface area contributed by atoms with Crippen LogP contribution in [-0.2, 0) is 6.54 Å². The summed E-state index contributed by atoms with van der Waals surface area (Å²) >= 11 is 5.33. The molecule has 72 valence electrons. The van der Waals surface area contributed by atoms with Crippen molar-refractivity contribution in [2.45, 2.75) is 31.8 Å². The molecule has 0 N–H and O–H groups in total. The number of hydrogen-bond acceptors (Lipinski definition) is 2. The molecule has 1 nitrogen and oxygen atoms in total. The Morgan fingerprint density at radius 1 is 1.54 bits per heavy atom. The molecule has 13 heavy (non-hydrogen) atoms. The molecule has 0 radical (unpaired) electrons. The summed E-state index contributed by atoms with van der Waals surface area (Å²) in [5.74, 6) is 0. The largest absolute Gasteiger partial charge is 0.298 e. The van der Waals surface area contributed by atoms with Gasteiger partial charge in [-0.2, -0.15) is 0 Å². The lowest BCUT2D eigenvalue weighted by atomic mass is 9.92. The lowest BCUT2D eigenvalue weighted by Crippen LogP contribution is -2.36. The third-order valence-corrected chi connectivity index (χ3v) is 4.34. The molecule has 0 unspecified atom stereocenters. The van der Waals surface area contributed by atoms with E-state index in [1.807, 2.05) is 11.3 Å². The zero-order valence-corrected chi connectivity index (χ0v) is 10.2. The molecule has 0 amide bonds. The van der Waals surface area contributed by atoms with E-state index in [1.54, 1.807) is 0 Å². The molecule has 1 aromatic heterocycles. The Labute approximate surface area is 91.9 Å². The van der Waals surface area contributed by atoms with E-state index in [1.165, 1.54) is 27.9 Å². The van der Waals surface area contributed by atoms with Crippen molar-refractivity contribution >= 4 is 27.3 Å². The summed E-state index contributed by atoms with van der Waals surface area (Å²) in [6, 6.07) is 5.19. The summed E-state index contributed by atoms with van der Waals surface area (Å²) in [5, 5.41) is 0. The fourth-order valence-corrected chi connectivity index (χ4v) is 3.19. The third kappa shape index (κ3) is 2.33. The monoisotopic (exact) mass is 259 g/mol. The first kappa shape index (κ1) is 9.69. The molecule has 1 heterocycles. The molecule has 0 aromatic carbocycles. The Hall–Kier alpha value is 0.140. The lowest BCUT2D eigenvalue weighted by molar-refractivity contribution is 0.154. The van der Waals surface area contributed by atoms with Crippen molar-refractivity contribution < 1.29 is 0 Å². The first-order chi connectivity index (χ1) is 6.25. The first-order valence-corrected chi connectivity index (χ1v) is 6.31. The number of halogens is 1. The van der Waals surface area contributed by atoms with Crippen LogP contribution >= 0.6 is 27.3 Å². The van der Waals surface area contributed by atoms with Crippen LogP contribution in [0.1, 0.15) is 24.1 Å². The zero-order chi connectivity index (χ0) is 9.26. The van der Waals surface area contributed by atoms with Crippen molar-refractivity contribution in [1.82, 2.24) is 4.90 Å². The standard InChI is InChI=1S/C10H14BrNS/c1-12(8-3-2-4-8)7-9-5-6-10(11)13-9/h5-6,8H,2-4,7H2,1H3. The van der Waals surface area contributed by atoms with Crippen LogP contribution in [0.5, 0.6) is 0 Å². The first-order valence-electron chi connectivity index (χ1n) is 4.70. The maximum atomic E-state index is 3.49. The van der Waals surface area contributed by atoms with E-state index in [2.05, 4.69) is 40.0 Å². The van der Waals surface area contributed by atoms with Gasteiger partial charge in [-0.25, -0.2) is 0 Å². The SMILES string of the molecule is CN(Cc1ccc(Br)s1)C1CCC1. The van der Waals surface area contributed by atoms with Gasteiger partial charge in [-0.3, -0.25) is 4.90 Å². The number of hydrogen-bond donors (Lipinski definition) is 0. The molecule has 1 fully saturated rings. The second kappa shape index (κ2) is 4.11. The van der Waals surface area contributed by atoms with E-state index in [0.717, 1.165) is 12.6 Å². The molecular weight excluding hydrogens is 246 g/mol. The molecule has 1 aromatic rings. The second-order valence-corrected chi connectivity index (χ2v) is 6.25. The molecule has 0 aliphatic heterocycles. The van der Waals surface area contributed by atoms with Gasteiger partial charge in [0, 0.05) is 17.5 Å². The number of nitrogens with zero attached hydrogens (tertiary/aromatic N) is 1. The summed E-state index contributed by atoms with van der Waals surface area (Å²) in [6.07, 6.45) is 4.20. The van der Waals surface area contributed by atoms with E-state index in [4.69, 9.17) is 0 Å². The van der Waals surface area contributed by atoms with Gasteiger partial charge >= 0.3 is 0 Å². The minimum absolute atomic E-state index is 0.848. The van der Waals surface area contributed by atoms with Gasteiger partial charge in [0.25, 0.3) is 0 Å². The molecular formula is C10H14BrNS. The van der Waals surface area contributed by atoms with Crippen LogP contribution in [0.15, 0.2) is 15.9 Å². The maximum absolute atomic E-state index is 3.49. The van der Waals surface area contributed by atoms with Gasteiger partial charge in [-0.05, 0) is 48.0 Å². The van der Waals surface area contributed by atoms with Crippen molar-refractivity contribution in [3.63, 3.8) is 0 Å². The lowest BCUT2D eigenvalue weighted by Gasteiger charge is -2.34. The fraction of sp³-hybridized carbons (Fsp3) is 0.600. The average molecular weight is 260 g/mol. The molecule has 0 spiro atoms. The molecule has 0 atom stereocenters. The summed E-state index contributed by atoms with van der Waals surface area (Å²) in [7, 11) is 2.23. The Kier molecular flexibility index (Phi) is 3.06. The van der Waals surface area contributed by atoms with Crippen LogP contribution in [0, 0.1) is 0 Å². The van der Waals surface area contributed by atoms with Crippen molar-refractivity contribution in [3.05, 3.63) is 20.8 Å². The fourth-order valence-electron chi connectivity index (χ4n) is 1.64. The van der Waals surface area contributed by atoms with E-state index in [0.29, 0.717) is 0 Å². The van der Waals surface area contributed by atoms with E-state index in [-0.39, 0.29) is 0 Å². The Morgan fingerprint density at radius 3 is 2.77 bits per heavy atom. The van der Waals surface area contributed by atoms with Crippen LogP contribution in [-0.4, -0.2) is 18.0 Å². The highest BCUT2D eigenvalue weighted by molar-refractivity contribution is 9.11. The Morgan fingerprint density at radius 2 is 2.31 bits per heavy atom. The smallest absolute Gasteiger partial charge is 0.0701 e. The highest BCUT2D eigenvalue weighted by Crippen LogP contribution is 2.28. The Balaban J connectivity index is 1.89. The van der Waals surface area contributed by atoms with Crippen molar-refractivity contribution in [2.24, 2.45) is 0 Å². The van der Waals surface area contributed by atoms with Crippen LogP contribution in [0.25, 0.3) is 0 Å². The van der Waals surface area contributed by atoms with Gasteiger partial charge in [-0.1, -0.05) is 6.42 Å². The number of rotatable bonds is 3. The predicted octanol–water partition coefficient (Wildman–Crippen LogP) is 3.49. The highest BCUT2D eigenvalue weighted by Gasteiger charge is 2.21. The Bertz CT molecular complexity index is 280. The molecule has 2 rings (SSSR count). The van der Waals surface area contributed by atoms with Crippen LogP contribution in [0.4, 0.5) is 0 Å². The van der Waals surface area contributed by atoms with E-state index >= 15 is 0 Å². The summed E-state index contributed by atoms with van der Waals surface area (Å²) < 4.78 is 1.24. The van der Waals surface area contributed by atoms with Gasteiger partial charge in [-0.15, -0.1) is 11.3 Å². The van der Waals surface area contributed by atoms with Crippen molar-refractivity contribution in [1.29, 1.82) is 0 Å². The second-order valence-electron chi connectivity index (χ2n) is 3.71. The molecule has 0 bridgehead atoms. The molecule has 1 saturated carbocycles. The van der Waals surface area contributed by atoms with Crippen LogP contribution in [0.2, 0.25) is 0 Å². The zero-order valence-electron chi connectivity index (χ0n) is 7.79. The van der Waals surface area contributed by atoms with E-state index in [9.17, 15) is 0 Å². The summed E-state index contributed by atoms with van der Waals surface area (Å²) in [4.78, 5) is 3.93. The van der Waals surface area contributed by atoms with Crippen molar-refractivity contribution in [2.75, 3.05) is 7.05 Å². The minimum Gasteiger partial charge on any atom is -0.298 e. The van der Waals surface area contributed by atoms with Crippen molar-refractivity contribution in [3.8, 4) is 0 Å². The third-order valence-electron chi connectivity index (χ3n) is 2.73. The minimum atomic E-state index is 0.848. The van der Waals surface area contributed by atoms with E-state index < -0.39 is 0 Å². The number of thiophene rings is 1. The topological polar surface area (TPSA) is 3.24 Å². The summed E-state index contributed by atoms with van der Waals surface area (Å²) in [6.45, 7) is 1.11. The molecule has 1 aliphatic rings. The van der Waals surface area contributed by atoms with Crippen LogP contribution < -0.4 is 0 Å². The van der Waals surface area contributed by atoms with Gasteiger partial charge in [0.05, 0.1) is 3.79 Å². The quantitative estimate of drug-likeness (QED) is 0.804. The predicted molar refractivity (Wildman–Crippen MR) is 61.1 cm³/mol. The van der Waals surface area contributed by atoms with Gasteiger partial charge < -0.3 is 0 Å². The average Bonchev–Trinajstić information content (AvgIpc) is 2.31. The highest BCUT2D eigenvalue weighted by atomic mass is 79.9.